The van der Waals surface area contributed by atoms with Gasteiger partial charge in [-0.2, -0.15) is 0 Å². The van der Waals surface area contributed by atoms with Crippen LogP contribution in [0.15, 0.2) is 36.4 Å². The molecule has 4 nitrogen and oxygen atoms in total. The summed E-state index contributed by atoms with van der Waals surface area (Å²) in [6, 6.07) is 11.0. The molecule has 2 aromatic rings. The van der Waals surface area contributed by atoms with Gasteiger partial charge in [0.1, 0.15) is 29.1 Å². The lowest BCUT2D eigenvalue weighted by Gasteiger charge is -2.27. The summed E-state index contributed by atoms with van der Waals surface area (Å²) < 4.78 is 16.7. The van der Waals surface area contributed by atoms with Crippen molar-refractivity contribution in [3.63, 3.8) is 0 Å². The Morgan fingerprint density at radius 3 is 2.71 bits per heavy atom. The minimum Gasteiger partial charge on any atom is -0.508 e. The Morgan fingerprint density at radius 1 is 1.10 bits per heavy atom. The lowest BCUT2D eigenvalue weighted by molar-refractivity contribution is 0.171. The Kier molecular flexibility index (Phi) is 3.60. The van der Waals surface area contributed by atoms with E-state index in [2.05, 4.69) is 0 Å². The van der Waals surface area contributed by atoms with Crippen molar-refractivity contribution in [2.45, 2.75) is 18.9 Å². The van der Waals surface area contributed by atoms with Crippen molar-refractivity contribution in [1.82, 2.24) is 0 Å². The maximum absolute atomic E-state index is 9.56. The highest BCUT2D eigenvalue weighted by Crippen LogP contribution is 2.40. The van der Waals surface area contributed by atoms with Gasteiger partial charge in [-0.25, -0.2) is 0 Å². The second-order valence-corrected chi connectivity index (χ2v) is 5.05. The van der Waals surface area contributed by atoms with Crippen LogP contribution in [0.25, 0.3) is 0 Å². The Morgan fingerprint density at radius 2 is 1.95 bits per heavy atom. The zero-order valence-corrected chi connectivity index (χ0v) is 12.1. The van der Waals surface area contributed by atoms with Gasteiger partial charge in [-0.15, -0.1) is 0 Å². The van der Waals surface area contributed by atoms with E-state index in [0.717, 1.165) is 29.9 Å². The predicted octanol–water partition coefficient (Wildman–Crippen LogP) is 3.48. The number of hydrogen-bond acceptors (Lipinski definition) is 4. The first-order valence-corrected chi connectivity index (χ1v) is 6.91. The molecule has 0 fully saturated rings. The van der Waals surface area contributed by atoms with Crippen molar-refractivity contribution in [1.29, 1.82) is 0 Å². The van der Waals surface area contributed by atoms with Crippen LogP contribution in [-0.4, -0.2) is 19.3 Å². The molecule has 0 saturated carbocycles. The van der Waals surface area contributed by atoms with Crippen LogP contribution in [0.2, 0.25) is 0 Å². The fraction of sp³-hybridized carbons (Fsp3) is 0.294. The smallest absolute Gasteiger partial charge is 0.129 e. The van der Waals surface area contributed by atoms with Crippen molar-refractivity contribution < 1.29 is 19.3 Å². The first-order valence-electron chi connectivity index (χ1n) is 6.91. The number of phenols is 1. The van der Waals surface area contributed by atoms with E-state index in [0.29, 0.717) is 5.75 Å². The molecule has 1 N–H and O–H groups in total. The summed E-state index contributed by atoms with van der Waals surface area (Å²) in [6.45, 7) is 0. The Bertz CT molecular complexity index is 651. The van der Waals surface area contributed by atoms with E-state index in [-0.39, 0.29) is 11.9 Å². The molecule has 0 aliphatic carbocycles. The fourth-order valence-corrected chi connectivity index (χ4v) is 2.66. The molecular formula is C17H18O4. The predicted molar refractivity (Wildman–Crippen MR) is 79.3 cm³/mol. The van der Waals surface area contributed by atoms with E-state index in [4.69, 9.17) is 14.2 Å². The summed E-state index contributed by atoms with van der Waals surface area (Å²) in [6.07, 6.45) is 1.73. The number of phenolic OH excluding ortho intramolecular Hbond substituents is 1. The van der Waals surface area contributed by atoms with Gasteiger partial charge >= 0.3 is 0 Å². The van der Waals surface area contributed by atoms with Crippen molar-refractivity contribution in [2.75, 3.05) is 14.2 Å². The lowest BCUT2D eigenvalue weighted by Crippen LogP contribution is -2.16. The lowest BCUT2D eigenvalue weighted by atomic mass is 9.96. The van der Waals surface area contributed by atoms with E-state index in [1.165, 1.54) is 5.56 Å². The highest BCUT2D eigenvalue weighted by molar-refractivity contribution is 5.46. The summed E-state index contributed by atoms with van der Waals surface area (Å²) in [5, 5.41) is 9.56. The van der Waals surface area contributed by atoms with Gasteiger partial charge in [0.2, 0.25) is 0 Å². The van der Waals surface area contributed by atoms with E-state index >= 15 is 0 Å². The molecule has 0 bridgehead atoms. The molecule has 2 aromatic carbocycles. The molecular weight excluding hydrogens is 268 g/mol. The molecule has 0 amide bonds. The van der Waals surface area contributed by atoms with Gasteiger partial charge < -0.3 is 19.3 Å². The van der Waals surface area contributed by atoms with Crippen LogP contribution in [0, 0.1) is 0 Å². The van der Waals surface area contributed by atoms with E-state index in [1.807, 2.05) is 24.3 Å². The summed E-state index contributed by atoms with van der Waals surface area (Å²) in [4.78, 5) is 0. The van der Waals surface area contributed by atoms with Crippen LogP contribution >= 0.6 is 0 Å². The molecule has 4 heteroatoms. The number of methoxy groups -OCH3 is 2. The first kappa shape index (κ1) is 13.6. The average molecular weight is 286 g/mol. The maximum Gasteiger partial charge on any atom is 0.129 e. The van der Waals surface area contributed by atoms with Gasteiger partial charge in [0, 0.05) is 17.7 Å². The number of aryl methyl sites for hydroxylation is 1. The van der Waals surface area contributed by atoms with Crippen molar-refractivity contribution >= 4 is 0 Å². The molecule has 21 heavy (non-hydrogen) atoms. The number of benzene rings is 2. The molecule has 1 unspecified atom stereocenters. The average Bonchev–Trinajstić information content (AvgIpc) is 2.53. The Labute approximate surface area is 123 Å². The Balaban J connectivity index is 1.92. The first-order chi connectivity index (χ1) is 10.2. The minimum atomic E-state index is -0.0832. The molecule has 0 saturated heterocycles. The summed E-state index contributed by atoms with van der Waals surface area (Å²) in [5.74, 6) is 2.47. The molecule has 0 aromatic heterocycles. The molecule has 3 rings (SSSR count). The largest absolute Gasteiger partial charge is 0.508 e. The third kappa shape index (κ3) is 2.61. The summed E-state index contributed by atoms with van der Waals surface area (Å²) in [7, 11) is 3.24. The van der Waals surface area contributed by atoms with E-state index < -0.39 is 0 Å². The zero-order valence-electron chi connectivity index (χ0n) is 12.1. The Hall–Kier alpha value is -2.36. The highest BCUT2D eigenvalue weighted by Gasteiger charge is 2.24. The number of ether oxygens (including phenoxy) is 3. The highest BCUT2D eigenvalue weighted by atomic mass is 16.5. The number of hydrogen-bond donors (Lipinski definition) is 1. The van der Waals surface area contributed by atoms with Crippen LogP contribution in [0.4, 0.5) is 0 Å². The number of fused-ring (bicyclic) bond motifs is 1. The van der Waals surface area contributed by atoms with Crippen LogP contribution in [0.3, 0.4) is 0 Å². The van der Waals surface area contributed by atoms with Gasteiger partial charge in [0.25, 0.3) is 0 Å². The standard InChI is InChI=1S/C17H18O4/c1-19-13-6-3-11-4-8-15(21-16(11)10-13)14-7-5-12(18)9-17(14)20-2/h3,5-7,9-10,15,18H,4,8H2,1-2H3. The zero-order chi connectivity index (χ0) is 14.8. The second kappa shape index (κ2) is 5.56. The van der Waals surface area contributed by atoms with Gasteiger partial charge in [0.15, 0.2) is 0 Å². The van der Waals surface area contributed by atoms with Gasteiger partial charge in [0.05, 0.1) is 14.2 Å². The molecule has 1 aliphatic rings. The summed E-state index contributed by atoms with van der Waals surface area (Å²) in [5.41, 5.74) is 2.13. The van der Waals surface area contributed by atoms with E-state index in [1.54, 1.807) is 26.4 Å². The molecule has 1 heterocycles. The quantitative estimate of drug-likeness (QED) is 0.938. The molecule has 0 spiro atoms. The fourth-order valence-electron chi connectivity index (χ4n) is 2.66. The van der Waals surface area contributed by atoms with Gasteiger partial charge in [-0.05, 0) is 36.6 Å². The molecule has 0 radical (unpaired) electrons. The molecule has 110 valence electrons. The monoisotopic (exact) mass is 286 g/mol. The van der Waals surface area contributed by atoms with Crippen LogP contribution in [0.1, 0.15) is 23.7 Å². The second-order valence-electron chi connectivity index (χ2n) is 5.05. The van der Waals surface area contributed by atoms with Crippen LogP contribution < -0.4 is 14.2 Å². The van der Waals surface area contributed by atoms with Crippen LogP contribution in [-0.2, 0) is 6.42 Å². The van der Waals surface area contributed by atoms with E-state index in [9.17, 15) is 5.11 Å². The van der Waals surface area contributed by atoms with Gasteiger partial charge in [-0.3, -0.25) is 0 Å². The minimum absolute atomic E-state index is 0.0832. The SMILES string of the molecule is COc1ccc2c(c1)OC(c1ccc(O)cc1OC)CC2. The third-order valence-corrected chi connectivity index (χ3v) is 3.78. The third-order valence-electron chi connectivity index (χ3n) is 3.78. The van der Waals surface area contributed by atoms with Crippen molar-refractivity contribution in [3.8, 4) is 23.0 Å². The number of aromatic hydroxyl groups is 1. The topological polar surface area (TPSA) is 47.9 Å². The van der Waals surface area contributed by atoms with Crippen molar-refractivity contribution in [2.24, 2.45) is 0 Å². The molecule has 1 atom stereocenters. The normalized spacial score (nSPS) is 16.8. The number of rotatable bonds is 3. The maximum atomic E-state index is 9.56. The van der Waals surface area contributed by atoms with Crippen molar-refractivity contribution in [3.05, 3.63) is 47.5 Å². The summed E-state index contributed by atoms with van der Waals surface area (Å²) >= 11 is 0. The van der Waals surface area contributed by atoms with Gasteiger partial charge in [-0.1, -0.05) is 6.07 Å². The van der Waals surface area contributed by atoms with Crippen LogP contribution in [0.5, 0.6) is 23.0 Å². The molecule has 1 aliphatic heterocycles.